The van der Waals surface area contributed by atoms with E-state index < -0.39 is 5.91 Å². The highest BCUT2D eigenvalue weighted by Gasteiger charge is 2.26. The second-order valence-corrected chi connectivity index (χ2v) is 9.75. The largest absolute Gasteiger partial charge is 0.364 e. The molecule has 1 amide bonds. The molecule has 0 saturated heterocycles. The number of amides is 1. The number of fused-ring (bicyclic) bond motifs is 2. The van der Waals surface area contributed by atoms with Gasteiger partial charge in [0.2, 0.25) is 5.95 Å². The number of carbonyl (C=O) groups excluding carboxylic acids is 1. The molecule has 1 aromatic carbocycles. The maximum absolute atomic E-state index is 11.5. The molecule has 0 atom stereocenters. The van der Waals surface area contributed by atoms with Crippen molar-refractivity contribution in [2.45, 2.75) is 13.0 Å². The van der Waals surface area contributed by atoms with E-state index in [1.807, 2.05) is 43.8 Å². The second-order valence-electron chi connectivity index (χ2n) is 8.64. The van der Waals surface area contributed by atoms with Crippen LogP contribution in [0.5, 0.6) is 0 Å². The number of hydrogen-bond donors (Lipinski definition) is 3. The van der Waals surface area contributed by atoms with Gasteiger partial charge in [-0.3, -0.25) is 9.48 Å². The van der Waals surface area contributed by atoms with Crippen molar-refractivity contribution >= 4 is 44.8 Å². The van der Waals surface area contributed by atoms with Crippen molar-refractivity contribution in [1.82, 2.24) is 24.7 Å². The van der Waals surface area contributed by atoms with E-state index >= 15 is 0 Å². The predicted octanol–water partition coefficient (Wildman–Crippen LogP) is 3.70. The fourth-order valence-corrected chi connectivity index (χ4v) is 5.71. The van der Waals surface area contributed by atoms with Gasteiger partial charge in [0.05, 0.1) is 24.0 Å². The molecular weight excluding hydrogens is 474 g/mol. The van der Waals surface area contributed by atoms with Crippen molar-refractivity contribution in [2.24, 2.45) is 12.8 Å². The monoisotopic (exact) mass is 495 g/mol. The SMILES string of the molecule is Cn1cc(Nc2sc3c(c2C#N)CCN(c2ncc(-c4ccc5[nH]c(C(N)=O)cc5c4)cn2)C3)cn1. The summed E-state index contributed by atoms with van der Waals surface area (Å²) in [5.41, 5.74) is 11.1. The summed E-state index contributed by atoms with van der Waals surface area (Å²) in [7, 11) is 1.86. The average molecular weight is 496 g/mol. The molecule has 36 heavy (non-hydrogen) atoms. The molecular formula is C25H21N9OS. The van der Waals surface area contributed by atoms with Gasteiger partial charge in [-0.25, -0.2) is 9.97 Å². The summed E-state index contributed by atoms with van der Waals surface area (Å²) in [6, 6.07) is 9.98. The Morgan fingerprint density at radius 1 is 1.22 bits per heavy atom. The summed E-state index contributed by atoms with van der Waals surface area (Å²) in [6.07, 6.45) is 8.00. The number of anilines is 3. The number of nitrogens with zero attached hydrogens (tertiary/aromatic N) is 6. The number of thiophene rings is 1. The zero-order valence-corrected chi connectivity index (χ0v) is 20.1. The minimum absolute atomic E-state index is 0.380. The highest BCUT2D eigenvalue weighted by atomic mass is 32.1. The van der Waals surface area contributed by atoms with Crippen LogP contribution in [-0.4, -0.2) is 37.2 Å². The van der Waals surface area contributed by atoms with E-state index in [9.17, 15) is 10.1 Å². The molecule has 6 rings (SSSR count). The first-order valence-corrected chi connectivity index (χ1v) is 12.1. The Hall–Kier alpha value is -4.69. The van der Waals surface area contributed by atoms with Crippen molar-refractivity contribution in [3.8, 4) is 17.2 Å². The number of benzene rings is 1. The first-order chi connectivity index (χ1) is 17.5. The molecule has 0 spiro atoms. The van der Waals surface area contributed by atoms with Gasteiger partial charge in [-0.05, 0) is 35.7 Å². The molecule has 10 nitrogen and oxygen atoms in total. The standard InChI is InChI=1S/C25H21N9OS/c1-33-12-17(11-30-33)31-24-19(8-26)18-4-5-34(13-22(18)36-24)25-28-9-16(10-29-25)14-2-3-20-15(6-14)7-21(32-20)23(27)35/h2-3,6-7,9-12,31-32H,4-5,13H2,1H3,(H2,27,35). The average Bonchev–Trinajstić information content (AvgIpc) is 3.59. The Balaban J connectivity index is 1.22. The zero-order valence-electron chi connectivity index (χ0n) is 19.3. The second kappa shape index (κ2) is 8.51. The van der Waals surface area contributed by atoms with Gasteiger partial charge in [0, 0.05) is 53.5 Å². The Labute approximate surface area is 210 Å². The van der Waals surface area contributed by atoms with Crippen LogP contribution >= 0.6 is 11.3 Å². The first-order valence-electron chi connectivity index (χ1n) is 11.3. The van der Waals surface area contributed by atoms with Gasteiger partial charge in [-0.1, -0.05) is 6.07 Å². The van der Waals surface area contributed by atoms with Crippen LogP contribution in [0.4, 0.5) is 16.6 Å². The summed E-state index contributed by atoms with van der Waals surface area (Å²) in [6.45, 7) is 1.38. The molecule has 1 aliphatic heterocycles. The maximum Gasteiger partial charge on any atom is 0.265 e. The van der Waals surface area contributed by atoms with Gasteiger partial charge >= 0.3 is 0 Å². The summed E-state index contributed by atoms with van der Waals surface area (Å²) < 4.78 is 1.72. The number of carbonyl (C=O) groups is 1. The number of nitrogens with one attached hydrogen (secondary N) is 2. The minimum Gasteiger partial charge on any atom is -0.364 e. The van der Waals surface area contributed by atoms with Crippen molar-refractivity contribution in [1.29, 1.82) is 5.26 Å². The molecule has 5 aromatic rings. The number of hydrogen-bond acceptors (Lipinski definition) is 8. The van der Waals surface area contributed by atoms with Gasteiger partial charge in [0.15, 0.2) is 0 Å². The molecule has 0 aliphatic carbocycles. The number of H-pyrrole nitrogens is 1. The number of aromatic amines is 1. The Morgan fingerprint density at radius 3 is 2.78 bits per heavy atom. The molecule has 0 bridgehead atoms. The van der Waals surface area contributed by atoms with Crippen molar-refractivity contribution < 1.29 is 4.79 Å². The molecule has 0 saturated carbocycles. The van der Waals surface area contributed by atoms with Crippen LogP contribution in [0.25, 0.3) is 22.0 Å². The third-order valence-electron chi connectivity index (χ3n) is 6.27. The lowest BCUT2D eigenvalue weighted by Gasteiger charge is -2.26. The van der Waals surface area contributed by atoms with E-state index in [0.717, 1.165) is 56.1 Å². The van der Waals surface area contributed by atoms with E-state index in [-0.39, 0.29) is 0 Å². The van der Waals surface area contributed by atoms with Crippen LogP contribution in [0, 0.1) is 11.3 Å². The Bertz CT molecular complexity index is 1660. The van der Waals surface area contributed by atoms with Crippen LogP contribution < -0.4 is 16.0 Å². The van der Waals surface area contributed by atoms with E-state index in [1.54, 1.807) is 28.3 Å². The van der Waals surface area contributed by atoms with Crippen molar-refractivity contribution in [3.63, 3.8) is 0 Å². The normalized spacial score (nSPS) is 12.9. The first kappa shape index (κ1) is 21.8. The lowest BCUT2D eigenvalue weighted by atomic mass is 10.0. The van der Waals surface area contributed by atoms with Crippen LogP contribution in [-0.2, 0) is 20.0 Å². The van der Waals surface area contributed by atoms with Gasteiger partial charge in [0.1, 0.15) is 16.8 Å². The summed E-state index contributed by atoms with van der Waals surface area (Å²) >= 11 is 1.59. The molecule has 4 aromatic heterocycles. The molecule has 11 heteroatoms. The summed E-state index contributed by atoms with van der Waals surface area (Å²) in [5.74, 6) is 0.162. The number of nitrogens with two attached hydrogens (primary N) is 1. The van der Waals surface area contributed by atoms with E-state index in [2.05, 4.69) is 36.3 Å². The fourth-order valence-electron chi connectivity index (χ4n) is 4.48. The molecule has 4 N–H and O–H groups in total. The fraction of sp³-hybridized carbons (Fsp3) is 0.160. The quantitative estimate of drug-likeness (QED) is 0.337. The highest BCUT2D eigenvalue weighted by molar-refractivity contribution is 7.16. The van der Waals surface area contributed by atoms with Crippen LogP contribution in [0.15, 0.2) is 49.1 Å². The van der Waals surface area contributed by atoms with E-state index in [4.69, 9.17) is 5.73 Å². The molecule has 5 heterocycles. The number of aryl methyl sites for hydroxylation is 1. The molecule has 0 radical (unpaired) electrons. The number of primary amides is 1. The molecule has 0 fully saturated rings. The van der Waals surface area contributed by atoms with Gasteiger partial charge in [-0.15, -0.1) is 11.3 Å². The number of nitriles is 1. The van der Waals surface area contributed by atoms with Gasteiger partial charge < -0.3 is 20.9 Å². The molecule has 178 valence electrons. The van der Waals surface area contributed by atoms with Gasteiger partial charge in [0.25, 0.3) is 5.91 Å². The zero-order chi connectivity index (χ0) is 24.8. The van der Waals surface area contributed by atoms with E-state index in [1.165, 1.54) is 0 Å². The lowest BCUT2D eigenvalue weighted by molar-refractivity contribution is 0.0996. The number of rotatable bonds is 5. The minimum atomic E-state index is -0.488. The number of aromatic nitrogens is 5. The van der Waals surface area contributed by atoms with Gasteiger partial charge in [-0.2, -0.15) is 10.4 Å². The Kier molecular flexibility index (Phi) is 5.16. The smallest absolute Gasteiger partial charge is 0.265 e. The summed E-state index contributed by atoms with van der Waals surface area (Å²) in [4.78, 5) is 27.0. The van der Waals surface area contributed by atoms with Crippen molar-refractivity contribution in [3.05, 3.63) is 70.8 Å². The Morgan fingerprint density at radius 2 is 2.06 bits per heavy atom. The topological polar surface area (TPSA) is 142 Å². The predicted molar refractivity (Wildman–Crippen MR) is 138 cm³/mol. The van der Waals surface area contributed by atoms with E-state index in [0.29, 0.717) is 23.8 Å². The van der Waals surface area contributed by atoms with Crippen molar-refractivity contribution in [2.75, 3.05) is 16.8 Å². The third-order valence-corrected chi connectivity index (χ3v) is 7.40. The highest BCUT2D eigenvalue weighted by Crippen LogP contribution is 2.38. The van der Waals surface area contributed by atoms with Crippen LogP contribution in [0.1, 0.15) is 26.5 Å². The van der Waals surface area contributed by atoms with Crippen LogP contribution in [0.2, 0.25) is 0 Å². The summed E-state index contributed by atoms with van der Waals surface area (Å²) in [5, 5.41) is 19.1. The maximum atomic E-state index is 11.5. The molecule has 1 aliphatic rings. The third kappa shape index (κ3) is 3.83. The van der Waals surface area contributed by atoms with Crippen LogP contribution in [0.3, 0.4) is 0 Å². The lowest BCUT2D eigenvalue weighted by Crippen LogP contribution is -2.31. The molecule has 0 unspecified atom stereocenters.